The first-order chi connectivity index (χ1) is 8.38. The molecule has 1 unspecified atom stereocenters. The summed E-state index contributed by atoms with van der Waals surface area (Å²) in [5, 5.41) is 10.2. The lowest BCUT2D eigenvalue weighted by atomic mass is 9.65. The van der Waals surface area contributed by atoms with Gasteiger partial charge in [0.2, 0.25) is 0 Å². The van der Waals surface area contributed by atoms with E-state index in [1.807, 2.05) is 6.92 Å². The molecule has 1 amide bonds. The fourth-order valence-electron chi connectivity index (χ4n) is 3.42. The molecule has 0 radical (unpaired) electrons. The minimum absolute atomic E-state index is 0.0477. The number of fused-ring (bicyclic) bond motifs is 1. The highest BCUT2D eigenvalue weighted by Crippen LogP contribution is 2.53. The second kappa shape index (κ2) is 4.23. The first-order valence-electron chi connectivity index (χ1n) is 6.53. The van der Waals surface area contributed by atoms with Crippen LogP contribution in [0.2, 0.25) is 0 Å². The summed E-state index contributed by atoms with van der Waals surface area (Å²) in [7, 11) is 0. The van der Waals surface area contributed by atoms with Crippen molar-refractivity contribution in [3.63, 3.8) is 0 Å². The molecule has 102 valence electrons. The van der Waals surface area contributed by atoms with Crippen LogP contribution in [0.5, 0.6) is 0 Å². The van der Waals surface area contributed by atoms with E-state index in [0.717, 1.165) is 0 Å². The van der Waals surface area contributed by atoms with Gasteiger partial charge in [-0.3, -0.25) is 4.79 Å². The number of ketones is 1. The number of piperidine rings is 1. The SMILES string of the molecule is CCOC(=O)N1CCC(O)[C@@]2(C)C(=O)CC[C@@]12C. The topological polar surface area (TPSA) is 66.8 Å². The monoisotopic (exact) mass is 255 g/mol. The molecule has 5 nitrogen and oxygen atoms in total. The first kappa shape index (κ1) is 13.3. The fraction of sp³-hybridized carbons (Fsp3) is 0.846. The van der Waals surface area contributed by atoms with Gasteiger partial charge in [0.1, 0.15) is 5.78 Å². The van der Waals surface area contributed by atoms with Gasteiger partial charge in [-0.1, -0.05) is 0 Å². The van der Waals surface area contributed by atoms with Gasteiger partial charge in [-0.2, -0.15) is 0 Å². The molecule has 1 aliphatic heterocycles. The number of nitrogens with zero attached hydrogens (tertiary/aromatic N) is 1. The molecule has 2 rings (SSSR count). The maximum atomic E-state index is 12.1. The lowest BCUT2D eigenvalue weighted by molar-refractivity contribution is -0.147. The highest BCUT2D eigenvalue weighted by molar-refractivity contribution is 5.90. The van der Waals surface area contributed by atoms with Crippen LogP contribution >= 0.6 is 0 Å². The van der Waals surface area contributed by atoms with E-state index in [9.17, 15) is 14.7 Å². The third kappa shape index (κ3) is 1.49. The molecule has 3 atom stereocenters. The molecule has 5 heteroatoms. The predicted molar refractivity (Wildman–Crippen MR) is 65.1 cm³/mol. The Balaban J connectivity index is 2.37. The summed E-state index contributed by atoms with van der Waals surface area (Å²) >= 11 is 0. The van der Waals surface area contributed by atoms with Gasteiger partial charge in [-0.25, -0.2) is 4.79 Å². The van der Waals surface area contributed by atoms with Gasteiger partial charge in [-0.15, -0.1) is 0 Å². The number of hydrogen-bond acceptors (Lipinski definition) is 4. The molecule has 1 saturated heterocycles. The zero-order valence-electron chi connectivity index (χ0n) is 11.2. The lowest BCUT2D eigenvalue weighted by Crippen LogP contribution is -2.66. The van der Waals surface area contributed by atoms with Crippen molar-refractivity contribution in [3.8, 4) is 0 Å². The molecule has 18 heavy (non-hydrogen) atoms. The van der Waals surface area contributed by atoms with Crippen LogP contribution in [-0.2, 0) is 9.53 Å². The van der Waals surface area contributed by atoms with Gasteiger partial charge in [0.25, 0.3) is 0 Å². The van der Waals surface area contributed by atoms with Gasteiger partial charge in [0, 0.05) is 13.0 Å². The van der Waals surface area contributed by atoms with Crippen LogP contribution in [0.3, 0.4) is 0 Å². The zero-order valence-corrected chi connectivity index (χ0v) is 11.2. The van der Waals surface area contributed by atoms with Gasteiger partial charge in [0.15, 0.2) is 0 Å². The highest BCUT2D eigenvalue weighted by atomic mass is 16.6. The van der Waals surface area contributed by atoms with Crippen molar-refractivity contribution >= 4 is 11.9 Å². The van der Waals surface area contributed by atoms with Crippen LogP contribution in [0.15, 0.2) is 0 Å². The van der Waals surface area contributed by atoms with Crippen molar-refractivity contribution in [3.05, 3.63) is 0 Å². The number of amides is 1. The maximum absolute atomic E-state index is 12.1. The molecule has 1 N–H and O–H groups in total. The number of hydrogen-bond donors (Lipinski definition) is 1. The van der Waals surface area contributed by atoms with E-state index in [0.29, 0.717) is 32.4 Å². The number of carbonyl (C=O) groups is 2. The Morgan fingerprint density at radius 3 is 2.83 bits per heavy atom. The van der Waals surface area contributed by atoms with Crippen LogP contribution < -0.4 is 0 Å². The van der Waals surface area contributed by atoms with E-state index in [2.05, 4.69) is 0 Å². The zero-order chi connectivity index (χ0) is 13.6. The normalized spacial score (nSPS) is 39.7. The van der Waals surface area contributed by atoms with Crippen LogP contribution in [0.4, 0.5) is 4.79 Å². The summed E-state index contributed by atoms with van der Waals surface area (Å²) in [4.78, 5) is 25.8. The first-order valence-corrected chi connectivity index (χ1v) is 6.53. The third-order valence-corrected chi connectivity index (χ3v) is 4.91. The van der Waals surface area contributed by atoms with Crippen LogP contribution in [0.25, 0.3) is 0 Å². The number of carbonyl (C=O) groups excluding carboxylic acids is 2. The van der Waals surface area contributed by atoms with E-state index in [-0.39, 0.29) is 11.9 Å². The molecular formula is C13H21NO4. The van der Waals surface area contributed by atoms with Crippen molar-refractivity contribution in [2.24, 2.45) is 5.41 Å². The molecule has 1 saturated carbocycles. The van der Waals surface area contributed by atoms with Crippen molar-refractivity contribution in [1.29, 1.82) is 0 Å². The summed E-state index contributed by atoms with van der Waals surface area (Å²) in [6, 6.07) is 0. The van der Waals surface area contributed by atoms with Crippen molar-refractivity contribution in [2.75, 3.05) is 13.2 Å². The number of aliphatic hydroxyl groups excluding tert-OH is 1. The standard InChI is InChI=1S/C13H21NO4/c1-4-18-11(17)14-8-6-10(16)13(3)9(15)5-7-12(13,14)2/h10,16H,4-8H2,1-3H3/t10?,12-,13-/m1/s1. The Kier molecular flexibility index (Phi) is 3.13. The molecule has 1 aliphatic carbocycles. The molecule has 0 bridgehead atoms. The number of rotatable bonds is 1. The number of aliphatic hydroxyl groups is 1. The number of likely N-dealkylation sites (tertiary alicyclic amines) is 1. The smallest absolute Gasteiger partial charge is 0.410 e. The summed E-state index contributed by atoms with van der Waals surface area (Å²) in [5.41, 5.74) is -1.49. The van der Waals surface area contributed by atoms with Crippen molar-refractivity contribution in [2.45, 2.75) is 51.7 Å². The van der Waals surface area contributed by atoms with E-state index >= 15 is 0 Å². The van der Waals surface area contributed by atoms with E-state index in [1.54, 1.807) is 18.7 Å². The minimum Gasteiger partial charge on any atom is -0.450 e. The summed E-state index contributed by atoms with van der Waals surface area (Å²) < 4.78 is 5.06. The van der Waals surface area contributed by atoms with Gasteiger partial charge in [0.05, 0.1) is 23.7 Å². The fourth-order valence-corrected chi connectivity index (χ4v) is 3.42. The Bertz CT molecular complexity index is 383. The largest absolute Gasteiger partial charge is 0.450 e. The minimum atomic E-state index is -0.863. The van der Waals surface area contributed by atoms with Gasteiger partial charge < -0.3 is 14.7 Å². The molecule has 0 aromatic carbocycles. The third-order valence-electron chi connectivity index (χ3n) is 4.91. The van der Waals surface area contributed by atoms with E-state index < -0.39 is 17.1 Å². The highest BCUT2D eigenvalue weighted by Gasteiger charge is 2.64. The average Bonchev–Trinajstić information content (AvgIpc) is 2.56. The molecule has 1 heterocycles. The average molecular weight is 255 g/mol. The molecule has 0 aromatic heterocycles. The molecule has 0 aromatic rings. The predicted octanol–water partition coefficient (Wildman–Crippen LogP) is 1.34. The second-order valence-electron chi connectivity index (χ2n) is 5.55. The van der Waals surface area contributed by atoms with Crippen molar-refractivity contribution < 1.29 is 19.4 Å². The maximum Gasteiger partial charge on any atom is 0.410 e. The number of Topliss-reactive ketones (excluding diaryl/α,β-unsaturated/α-hetero) is 1. The number of ether oxygens (including phenoxy) is 1. The second-order valence-corrected chi connectivity index (χ2v) is 5.55. The van der Waals surface area contributed by atoms with Crippen LogP contribution in [0.1, 0.15) is 40.0 Å². The summed E-state index contributed by atoms with van der Waals surface area (Å²) in [5.74, 6) is 0.0477. The van der Waals surface area contributed by atoms with E-state index in [1.165, 1.54) is 0 Å². The lowest BCUT2D eigenvalue weighted by Gasteiger charge is -2.53. The Morgan fingerprint density at radius 1 is 1.56 bits per heavy atom. The van der Waals surface area contributed by atoms with Crippen LogP contribution in [-0.4, -0.2) is 46.7 Å². The molecule has 0 spiro atoms. The Morgan fingerprint density at radius 2 is 2.22 bits per heavy atom. The van der Waals surface area contributed by atoms with Gasteiger partial charge >= 0.3 is 6.09 Å². The Labute approximate surface area is 107 Å². The quantitative estimate of drug-likeness (QED) is 0.767. The summed E-state index contributed by atoms with van der Waals surface area (Å²) in [6.07, 6.45) is 0.380. The van der Waals surface area contributed by atoms with Crippen LogP contribution in [0, 0.1) is 5.41 Å². The van der Waals surface area contributed by atoms with Gasteiger partial charge in [-0.05, 0) is 33.6 Å². The van der Waals surface area contributed by atoms with Crippen molar-refractivity contribution in [1.82, 2.24) is 4.90 Å². The summed E-state index contributed by atoms with van der Waals surface area (Å²) in [6.45, 7) is 6.19. The molecule has 2 aliphatic rings. The molecular weight excluding hydrogens is 234 g/mol. The molecule has 2 fully saturated rings. The Hall–Kier alpha value is -1.10. The van der Waals surface area contributed by atoms with E-state index in [4.69, 9.17) is 4.74 Å².